The quantitative estimate of drug-likeness (QED) is 0.668. The van der Waals surface area contributed by atoms with E-state index in [9.17, 15) is 0 Å². The van der Waals surface area contributed by atoms with Crippen LogP contribution in [0.5, 0.6) is 0 Å². The zero-order valence-electron chi connectivity index (χ0n) is 7.88. The largest absolute Gasteiger partial charge is 0.396 e. The number of aliphatic hydroxyl groups is 1. The van der Waals surface area contributed by atoms with Crippen molar-refractivity contribution in [1.82, 2.24) is 20.2 Å². The van der Waals surface area contributed by atoms with Crippen molar-refractivity contribution >= 4 is 0 Å². The van der Waals surface area contributed by atoms with Crippen molar-refractivity contribution in [3.05, 3.63) is 5.82 Å². The van der Waals surface area contributed by atoms with Gasteiger partial charge in [-0.2, -0.15) is 0 Å². The van der Waals surface area contributed by atoms with E-state index in [1.54, 1.807) is 4.68 Å². The van der Waals surface area contributed by atoms with Crippen molar-refractivity contribution in [2.24, 2.45) is 5.73 Å². The number of aliphatic hydroxyl groups excluding tert-OH is 1. The molecule has 1 unspecified atom stereocenters. The Morgan fingerprint density at radius 2 is 2.23 bits per heavy atom. The highest BCUT2D eigenvalue weighted by Gasteiger charge is 2.15. The van der Waals surface area contributed by atoms with Crippen LogP contribution >= 0.6 is 0 Å². The van der Waals surface area contributed by atoms with E-state index in [1.165, 1.54) is 0 Å². The summed E-state index contributed by atoms with van der Waals surface area (Å²) in [6, 6.07) is -0.0999. The van der Waals surface area contributed by atoms with Gasteiger partial charge in [-0.05, 0) is 30.7 Å². The molecule has 1 rings (SSSR count). The van der Waals surface area contributed by atoms with Gasteiger partial charge in [-0.1, -0.05) is 0 Å². The lowest BCUT2D eigenvalue weighted by molar-refractivity contribution is 0.272. The SMILES string of the molecule is CC(C)n1nnnc1C(N)CCO. The molecule has 0 aliphatic carbocycles. The monoisotopic (exact) mass is 185 g/mol. The van der Waals surface area contributed by atoms with E-state index in [0.717, 1.165) is 0 Å². The summed E-state index contributed by atoms with van der Waals surface area (Å²) < 4.78 is 1.67. The molecule has 13 heavy (non-hydrogen) atoms. The van der Waals surface area contributed by atoms with E-state index in [-0.39, 0.29) is 18.7 Å². The lowest BCUT2D eigenvalue weighted by Gasteiger charge is -2.12. The second kappa shape index (κ2) is 4.29. The summed E-state index contributed by atoms with van der Waals surface area (Å²) >= 11 is 0. The second-order valence-corrected chi connectivity index (χ2v) is 3.19. The van der Waals surface area contributed by atoms with Crippen LogP contribution in [0.1, 0.15) is 38.2 Å². The maximum absolute atomic E-state index is 8.71. The molecule has 6 nitrogen and oxygen atoms in total. The molecule has 0 bridgehead atoms. The van der Waals surface area contributed by atoms with E-state index < -0.39 is 0 Å². The first-order valence-electron chi connectivity index (χ1n) is 4.31. The van der Waals surface area contributed by atoms with Crippen molar-refractivity contribution in [2.45, 2.75) is 32.4 Å². The van der Waals surface area contributed by atoms with Crippen LogP contribution in [0, 0.1) is 0 Å². The fourth-order valence-corrected chi connectivity index (χ4v) is 1.08. The van der Waals surface area contributed by atoms with E-state index in [1.807, 2.05) is 13.8 Å². The Hall–Kier alpha value is -1.01. The molecule has 0 saturated heterocycles. The molecule has 0 aliphatic heterocycles. The highest BCUT2D eigenvalue weighted by atomic mass is 16.3. The van der Waals surface area contributed by atoms with Gasteiger partial charge in [-0.3, -0.25) is 0 Å². The van der Waals surface area contributed by atoms with Gasteiger partial charge in [-0.25, -0.2) is 4.68 Å². The van der Waals surface area contributed by atoms with Gasteiger partial charge >= 0.3 is 0 Å². The van der Waals surface area contributed by atoms with Crippen LogP contribution in [-0.4, -0.2) is 31.9 Å². The standard InChI is InChI=1S/C7H15N5O/c1-5(2)12-7(9-10-11-12)6(8)3-4-13/h5-6,13H,3-4,8H2,1-2H3. The molecule has 0 radical (unpaired) electrons. The Kier molecular flexibility index (Phi) is 3.32. The topological polar surface area (TPSA) is 89.9 Å². The predicted molar refractivity (Wildman–Crippen MR) is 46.8 cm³/mol. The zero-order valence-corrected chi connectivity index (χ0v) is 7.88. The lowest BCUT2D eigenvalue weighted by atomic mass is 10.2. The van der Waals surface area contributed by atoms with Crippen molar-refractivity contribution in [2.75, 3.05) is 6.61 Å². The average molecular weight is 185 g/mol. The van der Waals surface area contributed by atoms with Crippen LogP contribution in [0.15, 0.2) is 0 Å². The molecule has 0 amide bonds. The number of nitrogens with zero attached hydrogens (tertiary/aromatic N) is 4. The summed E-state index contributed by atoms with van der Waals surface area (Å²) in [6.07, 6.45) is 0.479. The van der Waals surface area contributed by atoms with Crippen LogP contribution < -0.4 is 5.73 Å². The number of tetrazole rings is 1. The van der Waals surface area contributed by atoms with Gasteiger partial charge in [0.1, 0.15) is 0 Å². The maximum atomic E-state index is 8.71. The number of aromatic nitrogens is 4. The summed E-state index contributed by atoms with van der Waals surface area (Å²) in [5.74, 6) is 0.629. The first-order chi connectivity index (χ1) is 6.16. The normalized spacial score (nSPS) is 13.6. The van der Waals surface area contributed by atoms with E-state index in [2.05, 4.69) is 15.5 Å². The Morgan fingerprint density at radius 1 is 1.54 bits per heavy atom. The third-order valence-electron chi connectivity index (χ3n) is 1.78. The highest BCUT2D eigenvalue weighted by Crippen LogP contribution is 2.12. The van der Waals surface area contributed by atoms with E-state index >= 15 is 0 Å². The Balaban J connectivity index is 2.80. The summed E-state index contributed by atoms with van der Waals surface area (Å²) in [5.41, 5.74) is 5.77. The van der Waals surface area contributed by atoms with Gasteiger partial charge in [0.25, 0.3) is 0 Å². The molecule has 1 atom stereocenters. The lowest BCUT2D eigenvalue weighted by Crippen LogP contribution is -2.19. The van der Waals surface area contributed by atoms with Crippen LogP contribution in [0.4, 0.5) is 0 Å². The molecule has 1 heterocycles. The van der Waals surface area contributed by atoms with Gasteiger partial charge in [-0.15, -0.1) is 5.10 Å². The van der Waals surface area contributed by atoms with Gasteiger partial charge in [0.15, 0.2) is 5.82 Å². The fraction of sp³-hybridized carbons (Fsp3) is 0.857. The van der Waals surface area contributed by atoms with Crippen molar-refractivity contribution in [1.29, 1.82) is 0 Å². The van der Waals surface area contributed by atoms with Crippen LogP contribution in [0.25, 0.3) is 0 Å². The first kappa shape index (κ1) is 10.1. The molecule has 3 N–H and O–H groups in total. The molecule has 74 valence electrons. The van der Waals surface area contributed by atoms with Crippen LogP contribution in [0.2, 0.25) is 0 Å². The summed E-state index contributed by atoms with van der Waals surface area (Å²) in [6.45, 7) is 4.00. The number of rotatable bonds is 4. The third-order valence-corrected chi connectivity index (χ3v) is 1.78. The minimum absolute atomic E-state index is 0.0477. The highest BCUT2D eigenvalue weighted by molar-refractivity contribution is 4.91. The van der Waals surface area contributed by atoms with Gasteiger partial charge < -0.3 is 10.8 Å². The number of nitrogens with two attached hydrogens (primary N) is 1. The predicted octanol–water partition coefficient (Wildman–Crippen LogP) is -0.364. The van der Waals surface area contributed by atoms with E-state index in [4.69, 9.17) is 10.8 Å². The first-order valence-corrected chi connectivity index (χ1v) is 4.31. The van der Waals surface area contributed by atoms with Crippen molar-refractivity contribution < 1.29 is 5.11 Å². The Labute approximate surface area is 76.7 Å². The van der Waals surface area contributed by atoms with Gasteiger partial charge in [0.2, 0.25) is 0 Å². The smallest absolute Gasteiger partial charge is 0.168 e. The average Bonchev–Trinajstić information content (AvgIpc) is 2.52. The van der Waals surface area contributed by atoms with Crippen LogP contribution in [0.3, 0.4) is 0 Å². The second-order valence-electron chi connectivity index (χ2n) is 3.19. The molecule has 6 heteroatoms. The number of hydrogen-bond donors (Lipinski definition) is 2. The molecule has 0 aliphatic rings. The third kappa shape index (κ3) is 2.22. The molecule has 0 fully saturated rings. The zero-order chi connectivity index (χ0) is 9.84. The summed E-state index contributed by atoms with van der Waals surface area (Å²) in [7, 11) is 0. The van der Waals surface area contributed by atoms with Crippen molar-refractivity contribution in [3.63, 3.8) is 0 Å². The van der Waals surface area contributed by atoms with Gasteiger partial charge in [0, 0.05) is 6.61 Å². The maximum Gasteiger partial charge on any atom is 0.168 e. The molecule has 0 spiro atoms. The molecule has 0 saturated carbocycles. The number of hydrogen-bond acceptors (Lipinski definition) is 5. The molecular formula is C7H15N5O. The summed E-state index contributed by atoms with van der Waals surface area (Å²) in [5, 5.41) is 19.9. The molecule has 1 aromatic rings. The Bertz CT molecular complexity index is 259. The van der Waals surface area contributed by atoms with E-state index in [0.29, 0.717) is 12.2 Å². The fourth-order valence-electron chi connectivity index (χ4n) is 1.08. The Morgan fingerprint density at radius 3 is 2.77 bits per heavy atom. The van der Waals surface area contributed by atoms with Crippen LogP contribution in [-0.2, 0) is 0 Å². The minimum atomic E-state index is -0.289. The minimum Gasteiger partial charge on any atom is -0.396 e. The summed E-state index contributed by atoms with van der Waals surface area (Å²) in [4.78, 5) is 0. The molecule has 0 aromatic carbocycles. The van der Waals surface area contributed by atoms with Crippen molar-refractivity contribution in [3.8, 4) is 0 Å². The van der Waals surface area contributed by atoms with Gasteiger partial charge in [0.05, 0.1) is 12.1 Å². The molecule has 1 aromatic heterocycles. The molecular weight excluding hydrogens is 170 g/mol.